The summed E-state index contributed by atoms with van der Waals surface area (Å²) in [7, 11) is 0. The van der Waals surface area contributed by atoms with Crippen molar-refractivity contribution >= 4 is 29.2 Å². The highest BCUT2D eigenvalue weighted by molar-refractivity contribution is 7.11. The van der Waals surface area contributed by atoms with Crippen LogP contribution in [0.1, 0.15) is 28.9 Å². The van der Waals surface area contributed by atoms with E-state index in [1.54, 1.807) is 0 Å². The molecule has 1 heterocycles. The largest absolute Gasteiger partial charge is 0.481 e. The normalized spacial score (nSPS) is 11.8. The second kappa shape index (κ2) is 6.70. The van der Waals surface area contributed by atoms with Gasteiger partial charge >= 0.3 is 11.9 Å². The number of carboxylic acids is 2. The Morgan fingerprint density at radius 1 is 1.39 bits per heavy atom. The second-order valence-corrected chi connectivity index (χ2v) is 4.40. The van der Waals surface area contributed by atoms with Crippen LogP contribution in [0.4, 0.5) is 0 Å². The van der Waals surface area contributed by atoms with Gasteiger partial charge in [0.1, 0.15) is 10.9 Å². The summed E-state index contributed by atoms with van der Waals surface area (Å²) in [5.41, 5.74) is 1.47. The second-order valence-electron chi connectivity index (χ2n) is 3.52. The van der Waals surface area contributed by atoms with Crippen molar-refractivity contribution in [2.24, 2.45) is 0 Å². The fourth-order valence-corrected chi connectivity index (χ4v) is 1.80. The summed E-state index contributed by atoms with van der Waals surface area (Å²) >= 11 is 1.10. The Bertz CT molecular complexity index is 431. The number of hydrogen-bond donors (Lipinski definition) is 3. The van der Waals surface area contributed by atoms with Gasteiger partial charge in [0.05, 0.1) is 11.7 Å². The molecule has 1 aromatic rings. The molecule has 0 aromatic carbocycles. The van der Waals surface area contributed by atoms with E-state index < -0.39 is 23.9 Å². The summed E-state index contributed by atoms with van der Waals surface area (Å²) in [5, 5.41) is 19.7. The number of nitrogens with zero attached hydrogens (tertiary/aromatic N) is 1. The Morgan fingerprint density at radius 2 is 2.11 bits per heavy atom. The summed E-state index contributed by atoms with van der Waals surface area (Å²) < 4.78 is 0. The van der Waals surface area contributed by atoms with E-state index in [4.69, 9.17) is 10.2 Å². The Labute approximate surface area is 106 Å². The highest BCUT2D eigenvalue weighted by atomic mass is 32.1. The van der Waals surface area contributed by atoms with E-state index in [-0.39, 0.29) is 19.3 Å². The summed E-state index contributed by atoms with van der Waals surface area (Å²) in [6.07, 6.45) is 1.48. The molecule has 0 aliphatic heterocycles. The van der Waals surface area contributed by atoms with E-state index in [9.17, 15) is 14.4 Å². The SMILES string of the molecule is O=C(O)CCC[C@@H](NC(=O)c1cncs1)C(=O)O. The maximum Gasteiger partial charge on any atom is 0.326 e. The molecule has 1 rings (SSSR count). The first-order valence-electron chi connectivity index (χ1n) is 5.14. The van der Waals surface area contributed by atoms with Gasteiger partial charge in [-0.3, -0.25) is 14.6 Å². The molecule has 0 saturated heterocycles. The van der Waals surface area contributed by atoms with Gasteiger partial charge in [0, 0.05) is 6.42 Å². The zero-order chi connectivity index (χ0) is 13.5. The number of hydrogen-bond acceptors (Lipinski definition) is 5. The zero-order valence-corrected chi connectivity index (χ0v) is 10.1. The number of aromatic nitrogens is 1. The first-order chi connectivity index (χ1) is 8.50. The molecule has 0 aliphatic carbocycles. The maximum atomic E-state index is 11.6. The number of amides is 1. The number of carbonyl (C=O) groups is 3. The average Bonchev–Trinajstić information content (AvgIpc) is 2.80. The molecule has 0 fully saturated rings. The minimum absolute atomic E-state index is 0.0756. The number of carbonyl (C=O) groups excluding carboxylic acids is 1. The maximum absolute atomic E-state index is 11.6. The van der Waals surface area contributed by atoms with Crippen LogP contribution in [0.5, 0.6) is 0 Å². The topological polar surface area (TPSA) is 117 Å². The number of carboxylic acid groups (broad SMARTS) is 2. The van der Waals surface area contributed by atoms with Gasteiger partial charge < -0.3 is 15.5 Å². The standard InChI is InChI=1S/C10H12N2O5S/c13-8(14)3-1-2-6(10(16)17)12-9(15)7-4-11-5-18-7/h4-6H,1-3H2,(H,12,15)(H,13,14)(H,16,17)/t6-/m1/s1. The molecule has 8 heteroatoms. The van der Waals surface area contributed by atoms with Crippen LogP contribution < -0.4 is 5.32 Å². The van der Waals surface area contributed by atoms with Crippen LogP contribution in [0.25, 0.3) is 0 Å². The monoisotopic (exact) mass is 272 g/mol. The van der Waals surface area contributed by atoms with Crippen LogP contribution >= 0.6 is 11.3 Å². The molecule has 0 unspecified atom stereocenters. The summed E-state index contributed by atoms with van der Waals surface area (Å²) in [4.78, 5) is 36.9. The van der Waals surface area contributed by atoms with E-state index in [2.05, 4.69) is 10.3 Å². The highest BCUT2D eigenvalue weighted by Gasteiger charge is 2.21. The lowest BCUT2D eigenvalue weighted by molar-refractivity contribution is -0.140. The summed E-state index contributed by atoms with van der Waals surface area (Å²) in [6, 6.07) is -1.08. The predicted octanol–water partition coefficient (Wildman–Crippen LogP) is 0.581. The molecule has 0 radical (unpaired) electrons. The lowest BCUT2D eigenvalue weighted by atomic mass is 10.1. The van der Waals surface area contributed by atoms with Crippen molar-refractivity contribution in [3.8, 4) is 0 Å². The molecule has 18 heavy (non-hydrogen) atoms. The lowest BCUT2D eigenvalue weighted by Crippen LogP contribution is -2.40. The Hall–Kier alpha value is -1.96. The molecule has 0 spiro atoms. The quantitative estimate of drug-likeness (QED) is 0.668. The molecule has 0 aliphatic rings. The molecule has 7 nitrogen and oxygen atoms in total. The van der Waals surface area contributed by atoms with Gasteiger partial charge in [-0.2, -0.15) is 0 Å². The third-order valence-electron chi connectivity index (χ3n) is 2.14. The summed E-state index contributed by atoms with van der Waals surface area (Å²) in [6.45, 7) is 0. The van der Waals surface area contributed by atoms with E-state index in [0.29, 0.717) is 4.88 Å². The lowest BCUT2D eigenvalue weighted by Gasteiger charge is -2.12. The van der Waals surface area contributed by atoms with Gasteiger partial charge in [-0.25, -0.2) is 4.79 Å². The molecular formula is C10H12N2O5S. The van der Waals surface area contributed by atoms with Crippen LogP contribution in [0, 0.1) is 0 Å². The molecule has 1 amide bonds. The molecule has 0 bridgehead atoms. The Morgan fingerprint density at radius 3 is 2.61 bits per heavy atom. The average molecular weight is 272 g/mol. The van der Waals surface area contributed by atoms with Crippen LogP contribution in [0.2, 0.25) is 0 Å². The smallest absolute Gasteiger partial charge is 0.326 e. The zero-order valence-electron chi connectivity index (χ0n) is 9.33. The van der Waals surface area contributed by atoms with Gasteiger partial charge in [0.15, 0.2) is 0 Å². The third kappa shape index (κ3) is 4.50. The third-order valence-corrected chi connectivity index (χ3v) is 2.91. The van der Waals surface area contributed by atoms with Crippen LogP contribution in [0.3, 0.4) is 0 Å². The van der Waals surface area contributed by atoms with E-state index in [0.717, 1.165) is 11.3 Å². The summed E-state index contributed by atoms with van der Waals surface area (Å²) in [5.74, 6) is -2.69. The van der Waals surface area contributed by atoms with Crippen molar-refractivity contribution in [3.63, 3.8) is 0 Å². The van der Waals surface area contributed by atoms with Gasteiger partial charge in [-0.05, 0) is 12.8 Å². The molecular weight excluding hydrogens is 260 g/mol. The van der Waals surface area contributed by atoms with Crippen molar-refractivity contribution in [1.29, 1.82) is 0 Å². The Balaban J connectivity index is 2.50. The number of aliphatic carboxylic acids is 2. The van der Waals surface area contributed by atoms with Gasteiger partial charge in [0.25, 0.3) is 5.91 Å². The molecule has 3 N–H and O–H groups in total. The highest BCUT2D eigenvalue weighted by Crippen LogP contribution is 2.07. The van der Waals surface area contributed by atoms with E-state index in [1.165, 1.54) is 11.7 Å². The Kier molecular flexibility index (Phi) is 5.25. The molecule has 1 atom stereocenters. The van der Waals surface area contributed by atoms with Crippen LogP contribution in [0.15, 0.2) is 11.7 Å². The minimum atomic E-state index is -1.18. The predicted molar refractivity (Wildman–Crippen MR) is 62.5 cm³/mol. The minimum Gasteiger partial charge on any atom is -0.481 e. The number of rotatable bonds is 7. The van der Waals surface area contributed by atoms with Crippen molar-refractivity contribution < 1.29 is 24.6 Å². The first-order valence-corrected chi connectivity index (χ1v) is 6.02. The first kappa shape index (κ1) is 14.1. The molecule has 98 valence electrons. The molecule has 1 aromatic heterocycles. The fourth-order valence-electron chi connectivity index (χ4n) is 1.27. The van der Waals surface area contributed by atoms with Crippen molar-refractivity contribution in [3.05, 3.63) is 16.6 Å². The number of thiazole rings is 1. The number of nitrogens with one attached hydrogen (secondary N) is 1. The van der Waals surface area contributed by atoms with Crippen molar-refractivity contribution in [2.75, 3.05) is 0 Å². The van der Waals surface area contributed by atoms with Gasteiger partial charge in [-0.15, -0.1) is 11.3 Å². The van der Waals surface area contributed by atoms with E-state index >= 15 is 0 Å². The van der Waals surface area contributed by atoms with Crippen LogP contribution in [-0.2, 0) is 9.59 Å². The van der Waals surface area contributed by atoms with Gasteiger partial charge in [0.2, 0.25) is 0 Å². The van der Waals surface area contributed by atoms with E-state index in [1.807, 2.05) is 0 Å². The van der Waals surface area contributed by atoms with Crippen LogP contribution in [-0.4, -0.2) is 39.1 Å². The molecule has 0 saturated carbocycles. The van der Waals surface area contributed by atoms with Crippen molar-refractivity contribution in [2.45, 2.75) is 25.3 Å². The van der Waals surface area contributed by atoms with Crippen molar-refractivity contribution in [1.82, 2.24) is 10.3 Å². The fraction of sp³-hybridized carbons (Fsp3) is 0.400. The van der Waals surface area contributed by atoms with Gasteiger partial charge in [-0.1, -0.05) is 0 Å².